The highest BCUT2D eigenvalue weighted by molar-refractivity contribution is 7.25. The standard InChI is InChI=1S/C60H35NOS/c1-7-19-47-37(13-1)38-14-2-8-20-48(38)60(47)49-21-9-3-16-40(49)57-50(60)30-29-43-55(57)41-17-4-10-22-51(41)61-58(43)35-27-25-34(26-28-35)45-31-36-32-46-39-15-6-12-24-53(39)63-54(46)33-44(36)56-42-18-5-11-23-52(42)62-59(45)56/h1-30,32-33,45H,31H2. The normalized spacial score (nSPS) is 15.2. The third kappa shape index (κ3) is 4.35. The van der Waals surface area contributed by atoms with Gasteiger partial charge in [-0.15, -0.1) is 11.3 Å². The molecule has 0 saturated heterocycles. The first kappa shape index (κ1) is 34.0. The Kier molecular flexibility index (Phi) is 6.64. The summed E-state index contributed by atoms with van der Waals surface area (Å²) in [5.41, 5.74) is 19.5. The number of rotatable bonds is 2. The Hall–Kier alpha value is -7.59. The zero-order valence-electron chi connectivity index (χ0n) is 34.0. The van der Waals surface area contributed by atoms with Crippen molar-refractivity contribution in [1.82, 2.24) is 4.98 Å². The number of furan rings is 1. The van der Waals surface area contributed by atoms with Crippen molar-refractivity contribution in [3.63, 3.8) is 0 Å². The Morgan fingerprint density at radius 1 is 0.476 bits per heavy atom. The number of fused-ring (bicyclic) bond motifs is 22. The fourth-order valence-corrected chi connectivity index (χ4v) is 13.2. The molecule has 3 aliphatic rings. The number of benzene rings is 9. The molecule has 3 heterocycles. The summed E-state index contributed by atoms with van der Waals surface area (Å²) in [6.07, 6.45) is 0.873. The highest BCUT2D eigenvalue weighted by atomic mass is 32.1. The van der Waals surface area contributed by atoms with Gasteiger partial charge in [0, 0.05) is 58.8 Å². The molecule has 2 nitrogen and oxygen atoms in total. The van der Waals surface area contributed by atoms with Crippen molar-refractivity contribution in [2.75, 3.05) is 0 Å². The van der Waals surface area contributed by atoms with E-state index in [2.05, 4.69) is 194 Å². The molecular formula is C60H35NOS. The van der Waals surface area contributed by atoms with Crippen LogP contribution in [-0.4, -0.2) is 4.98 Å². The third-order valence-corrected chi connectivity index (χ3v) is 15.8. The zero-order chi connectivity index (χ0) is 41.0. The Morgan fingerprint density at radius 3 is 1.92 bits per heavy atom. The average Bonchev–Trinajstić information content (AvgIpc) is 4.08. The molecular weight excluding hydrogens is 783 g/mol. The van der Waals surface area contributed by atoms with Crippen LogP contribution in [0.3, 0.4) is 0 Å². The lowest BCUT2D eigenvalue weighted by molar-refractivity contribution is 0.515. The van der Waals surface area contributed by atoms with E-state index in [1.165, 1.54) is 108 Å². The molecule has 63 heavy (non-hydrogen) atoms. The molecule has 9 aromatic carbocycles. The summed E-state index contributed by atoms with van der Waals surface area (Å²) in [5, 5.41) is 7.48. The van der Waals surface area contributed by atoms with Crippen molar-refractivity contribution >= 4 is 64.2 Å². The summed E-state index contributed by atoms with van der Waals surface area (Å²) in [7, 11) is 0. The van der Waals surface area contributed by atoms with Crippen LogP contribution in [0, 0.1) is 0 Å². The molecule has 1 atom stereocenters. The minimum Gasteiger partial charge on any atom is -0.460 e. The van der Waals surface area contributed by atoms with Crippen molar-refractivity contribution in [1.29, 1.82) is 0 Å². The zero-order valence-corrected chi connectivity index (χ0v) is 34.8. The second-order valence-electron chi connectivity index (χ2n) is 17.6. The monoisotopic (exact) mass is 817 g/mol. The van der Waals surface area contributed by atoms with E-state index in [0.717, 1.165) is 34.5 Å². The maximum atomic E-state index is 6.85. The van der Waals surface area contributed by atoms with Gasteiger partial charge in [0.1, 0.15) is 11.3 Å². The predicted molar refractivity (Wildman–Crippen MR) is 261 cm³/mol. The number of thiophene rings is 1. The topological polar surface area (TPSA) is 26.0 Å². The van der Waals surface area contributed by atoms with E-state index in [9.17, 15) is 0 Å². The van der Waals surface area contributed by atoms with Crippen LogP contribution in [0.25, 0.3) is 97.5 Å². The molecule has 0 N–H and O–H groups in total. The fourth-order valence-electron chi connectivity index (χ4n) is 12.1. The van der Waals surface area contributed by atoms with Crippen LogP contribution in [0.4, 0.5) is 0 Å². The number of hydrogen-bond acceptors (Lipinski definition) is 3. The number of pyridine rings is 1. The van der Waals surface area contributed by atoms with Gasteiger partial charge in [-0.2, -0.15) is 0 Å². The van der Waals surface area contributed by atoms with Crippen LogP contribution < -0.4 is 0 Å². The summed E-state index contributed by atoms with van der Waals surface area (Å²) in [6.45, 7) is 0. The first-order valence-corrected chi connectivity index (χ1v) is 22.8. The molecule has 0 aliphatic heterocycles. The van der Waals surface area contributed by atoms with Gasteiger partial charge in [0.2, 0.25) is 0 Å². The van der Waals surface area contributed by atoms with E-state index >= 15 is 0 Å². The highest BCUT2D eigenvalue weighted by Gasteiger charge is 2.52. The van der Waals surface area contributed by atoms with E-state index in [1.807, 2.05) is 11.3 Å². The number of hydrogen-bond donors (Lipinski definition) is 0. The minimum atomic E-state index is -0.407. The lowest BCUT2D eigenvalue weighted by Crippen LogP contribution is -2.25. The molecule has 3 aromatic heterocycles. The van der Waals surface area contributed by atoms with Gasteiger partial charge >= 0.3 is 0 Å². The van der Waals surface area contributed by atoms with Gasteiger partial charge in [0.25, 0.3) is 0 Å². The van der Waals surface area contributed by atoms with Gasteiger partial charge < -0.3 is 4.42 Å². The number of nitrogens with zero attached hydrogens (tertiary/aromatic N) is 1. The van der Waals surface area contributed by atoms with E-state index in [1.54, 1.807) is 0 Å². The summed E-state index contributed by atoms with van der Waals surface area (Å²) >= 11 is 1.88. The lowest BCUT2D eigenvalue weighted by atomic mass is 9.70. The summed E-state index contributed by atoms with van der Waals surface area (Å²) < 4.78 is 9.51. The molecule has 1 unspecified atom stereocenters. The van der Waals surface area contributed by atoms with Crippen molar-refractivity contribution in [2.24, 2.45) is 0 Å². The van der Waals surface area contributed by atoms with Crippen LogP contribution >= 0.6 is 11.3 Å². The van der Waals surface area contributed by atoms with Gasteiger partial charge in [0.05, 0.1) is 16.6 Å². The second-order valence-corrected chi connectivity index (χ2v) is 18.7. The largest absolute Gasteiger partial charge is 0.460 e. The van der Waals surface area contributed by atoms with E-state index < -0.39 is 5.41 Å². The molecule has 0 radical (unpaired) electrons. The molecule has 292 valence electrons. The van der Waals surface area contributed by atoms with Gasteiger partial charge in [-0.05, 0) is 98.0 Å². The highest BCUT2D eigenvalue weighted by Crippen LogP contribution is 2.64. The van der Waals surface area contributed by atoms with Crippen molar-refractivity contribution in [2.45, 2.75) is 17.8 Å². The molecule has 3 aliphatic carbocycles. The van der Waals surface area contributed by atoms with Gasteiger partial charge in [-0.1, -0.05) is 164 Å². The van der Waals surface area contributed by atoms with Crippen molar-refractivity contribution in [3.8, 4) is 44.6 Å². The molecule has 3 heteroatoms. The quantitative estimate of drug-likeness (QED) is 0.162. The molecule has 15 rings (SSSR count). The molecule has 0 amide bonds. The summed E-state index contributed by atoms with van der Waals surface area (Å²) in [6, 6.07) is 72.2. The van der Waals surface area contributed by atoms with Gasteiger partial charge in [-0.25, -0.2) is 4.98 Å². The smallest absolute Gasteiger partial charge is 0.134 e. The minimum absolute atomic E-state index is 0.0748. The molecule has 0 fully saturated rings. The Balaban J connectivity index is 0.924. The molecule has 12 aromatic rings. The van der Waals surface area contributed by atoms with Gasteiger partial charge in [0.15, 0.2) is 0 Å². The summed E-state index contributed by atoms with van der Waals surface area (Å²) in [5.74, 6) is 1.13. The SMILES string of the molecule is c1ccc2c(c1)-c1ccccc1C21c2ccccc2-c2c1ccc1c(-c3ccc(C4Cc5cc6c(cc5-c5c4oc4ccccc54)sc4ccccc46)cc3)nc3ccccc3c21. The molecule has 0 saturated carbocycles. The van der Waals surface area contributed by atoms with Crippen LogP contribution in [-0.2, 0) is 11.8 Å². The Morgan fingerprint density at radius 2 is 1.13 bits per heavy atom. The van der Waals surface area contributed by atoms with Gasteiger partial charge in [-0.3, -0.25) is 0 Å². The van der Waals surface area contributed by atoms with E-state index in [0.29, 0.717) is 0 Å². The maximum Gasteiger partial charge on any atom is 0.134 e. The van der Waals surface area contributed by atoms with Crippen LogP contribution in [0.1, 0.15) is 45.1 Å². The Bertz CT molecular complexity index is 3910. The first-order valence-electron chi connectivity index (χ1n) is 22.0. The van der Waals surface area contributed by atoms with E-state index in [-0.39, 0.29) is 5.92 Å². The fraction of sp³-hybridized carbons (Fsp3) is 0.0500. The van der Waals surface area contributed by atoms with Crippen LogP contribution in [0.5, 0.6) is 0 Å². The lowest BCUT2D eigenvalue weighted by Gasteiger charge is -2.30. The van der Waals surface area contributed by atoms with Crippen LogP contribution in [0.2, 0.25) is 0 Å². The third-order valence-electron chi connectivity index (χ3n) is 14.6. The number of para-hydroxylation sites is 2. The predicted octanol–water partition coefficient (Wildman–Crippen LogP) is 15.9. The summed E-state index contributed by atoms with van der Waals surface area (Å²) in [4.78, 5) is 5.48. The van der Waals surface area contributed by atoms with Crippen molar-refractivity contribution in [3.05, 3.63) is 233 Å². The van der Waals surface area contributed by atoms with E-state index in [4.69, 9.17) is 9.40 Å². The van der Waals surface area contributed by atoms with Crippen molar-refractivity contribution < 1.29 is 4.42 Å². The Labute approximate surface area is 367 Å². The molecule has 0 bridgehead atoms. The maximum absolute atomic E-state index is 6.85. The first-order chi connectivity index (χ1) is 31.2. The van der Waals surface area contributed by atoms with Crippen LogP contribution in [0.15, 0.2) is 199 Å². The number of aromatic nitrogens is 1. The second kappa shape index (κ2) is 12.3. The average molecular weight is 818 g/mol. The molecule has 1 spiro atoms.